The quantitative estimate of drug-likeness (QED) is 0.594. The highest BCUT2D eigenvalue weighted by Crippen LogP contribution is 2.36. The number of aromatic nitrogens is 4. The molecule has 0 saturated carbocycles. The number of nitriles is 1. The zero-order valence-corrected chi connectivity index (χ0v) is 17.4. The van der Waals surface area contributed by atoms with Gasteiger partial charge in [-0.25, -0.2) is 9.97 Å². The van der Waals surface area contributed by atoms with Crippen molar-refractivity contribution in [1.29, 1.82) is 5.26 Å². The molecule has 10 nitrogen and oxygen atoms in total. The maximum absolute atomic E-state index is 9.76. The van der Waals surface area contributed by atoms with Crippen LogP contribution in [0.2, 0.25) is 0 Å². The fraction of sp³-hybridized carbons (Fsp3) is 0.286. The Morgan fingerprint density at radius 3 is 2.97 bits per heavy atom. The monoisotopic (exact) mass is 415 g/mol. The van der Waals surface area contributed by atoms with Crippen LogP contribution in [-0.2, 0) is 13.6 Å². The van der Waals surface area contributed by atoms with Gasteiger partial charge in [0.05, 0.1) is 41.9 Å². The van der Waals surface area contributed by atoms with E-state index in [-0.39, 0.29) is 17.8 Å². The first-order chi connectivity index (χ1) is 15.0. The topological polar surface area (TPSA) is 121 Å². The largest absolute Gasteiger partial charge is 0.467 e. The SMILES string of the molecule is Cc1ccc2c(c1)[C@@H](C)Oc1nc(cnc1N)-c1c(nn(C)c1C#N)CN1CC=NN21. The molecule has 0 radical (unpaired) electrons. The van der Waals surface area contributed by atoms with Gasteiger partial charge in [0.1, 0.15) is 17.9 Å². The van der Waals surface area contributed by atoms with E-state index in [0.29, 0.717) is 35.7 Å². The summed E-state index contributed by atoms with van der Waals surface area (Å²) in [5, 5.41) is 22.9. The summed E-state index contributed by atoms with van der Waals surface area (Å²) in [6.45, 7) is 5.03. The number of ether oxygens (including phenoxy) is 1. The average molecular weight is 415 g/mol. The lowest BCUT2D eigenvalue weighted by atomic mass is 10.0. The number of hydrazone groups is 1. The zero-order chi connectivity index (χ0) is 21.7. The lowest BCUT2D eigenvalue weighted by Gasteiger charge is -2.30. The predicted octanol–water partition coefficient (Wildman–Crippen LogP) is 2.32. The summed E-state index contributed by atoms with van der Waals surface area (Å²) in [6.07, 6.45) is 3.04. The molecular formula is C21H21N9O. The number of anilines is 2. The van der Waals surface area contributed by atoms with E-state index in [1.165, 1.54) is 0 Å². The molecule has 0 spiro atoms. The van der Waals surface area contributed by atoms with Crippen LogP contribution in [0.15, 0.2) is 29.5 Å². The van der Waals surface area contributed by atoms with Crippen molar-refractivity contribution in [3.63, 3.8) is 0 Å². The first kappa shape index (κ1) is 19.0. The number of hydrogen-bond acceptors (Lipinski definition) is 9. The predicted molar refractivity (Wildman–Crippen MR) is 115 cm³/mol. The standard InChI is InChI=1S/C21H21N9O/c1-12-4-5-17-14(8-12)13(2)31-21-20(23)24-10-15(26-21)19-16(27-28(3)18(19)9-22)11-29-7-6-25-30(17)29/h4-6,8,10,13H,7,11H2,1-3H3,(H2,23,24)/t13-/m1/s1. The van der Waals surface area contributed by atoms with Crippen molar-refractivity contribution in [3.8, 4) is 23.2 Å². The number of nitrogen functional groups attached to an aromatic ring is 1. The van der Waals surface area contributed by atoms with Crippen molar-refractivity contribution in [2.75, 3.05) is 17.4 Å². The van der Waals surface area contributed by atoms with E-state index < -0.39 is 0 Å². The van der Waals surface area contributed by atoms with Gasteiger partial charge < -0.3 is 10.5 Å². The Bertz CT molecular complexity index is 1260. The molecule has 0 unspecified atom stereocenters. The van der Waals surface area contributed by atoms with E-state index in [4.69, 9.17) is 10.5 Å². The molecule has 2 aliphatic heterocycles. The second-order valence-corrected chi connectivity index (χ2v) is 7.61. The molecule has 2 aliphatic rings. The molecule has 3 aromatic rings. The molecule has 156 valence electrons. The third-order valence-corrected chi connectivity index (χ3v) is 5.46. The number of aryl methyl sites for hydroxylation is 2. The van der Waals surface area contributed by atoms with Crippen LogP contribution in [0.3, 0.4) is 0 Å². The minimum Gasteiger partial charge on any atom is -0.467 e. The summed E-state index contributed by atoms with van der Waals surface area (Å²) in [5.41, 5.74) is 11.2. The van der Waals surface area contributed by atoms with E-state index in [9.17, 15) is 5.26 Å². The second-order valence-electron chi connectivity index (χ2n) is 7.61. The van der Waals surface area contributed by atoms with Crippen molar-refractivity contribution in [2.24, 2.45) is 12.1 Å². The van der Waals surface area contributed by atoms with Gasteiger partial charge in [-0.15, -0.1) is 0 Å². The highest BCUT2D eigenvalue weighted by Gasteiger charge is 2.30. The number of benzene rings is 1. The van der Waals surface area contributed by atoms with E-state index >= 15 is 0 Å². The summed E-state index contributed by atoms with van der Waals surface area (Å²) in [4.78, 5) is 8.90. The maximum Gasteiger partial charge on any atom is 0.258 e. The summed E-state index contributed by atoms with van der Waals surface area (Å²) in [7, 11) is 1.74. The molecule has 4 heterocycles. The highest BCUT2D eigenvalue weighted by molar-refractivity contribution is 5.71. The molecule has 2 N–H and O–H groups in total. The van der Waals surface area contributed by atoms with Crippen molar-refractivity contribution >= 4 is 17.7 Å². The first-order valence-corrected chi connectivity index (χ1v) is 9.89. The van der Waals surface area contributed by atoms with Crippen LogP contribution in [0.25, 0.3) is 11.3 Å². The van der Waals surface area contributed by atoms with Crippen molar-refractivity contribution < 1.29 is 4.74 Å². The van der Waals surface area contributed by atoms with Crippen LogP contribution in [0.4, 0.5) is 11.5 Å². The number of rotatable bonds is 0. The molecule has 1 atom stereocenters. The Hall–Kier alpha value is -3.97. The van der Waals surface area contributed by atoms with E-state index in [1.807, 2.05) is 37.3 Å². The third kappa shape index (κ3) is 3.06. The summed E-state index contributed by atoms with van der Waals surface area (Å²) in [5.74, 6) is 0.408. The smallest absolute Gasteiger partial charge is 0.258 e. The maximum atomic E-state index is 9.76. The molecule has 2 aromatic heterocycles. The molecule has 0 saturated heterocycles. The second kappa shape index (κ2) is 7.07. The molecule has 0 fully saturated rings. The first-order valence-electron chi connectivity index (χ1n) is 9.89. The van der Waals surface area contributed by atoms with Gasteiger partial charge in [0.2, 0.25) is 0 Å². The van der Waals surface area contributed by atoms with Crippen LogP contribution in [-0.4, -0.2) is 37.5 Å². The third-order valence-electron chi connectivity index (χ3n) is 5.46. The number of fused-ring (bicyclic) bond motifs is 7. The molecule has 31 heavy (non-hydrogen) atoms. The van der Waals surface area contributed by atoms with Gasteiger partial charge in [0.15, 0.2) is 5.82 Å². The Balaban J connectivity index is 1.76. The van der Waals surface area contributed by atoms with Crippen LogP contribution < -0.4 is 15.6 Å². The van der Waals surface area contributed by atoms with Gasteiger partial charge in [-0.05, 0) is 19.9 Å². The van der Waals surface area contributed by atoms with Crippen LogP contribution in [0.1, 0.15) is 35.5 Å². The van der Waals surface area contributed by atoms with Crippen LogP contribution in [0.5, 0.6) is 5.88 Å². The van der Waals surface area contributed by atoms with Gasteiger partial charge in [0.25, 0.3) is 5.88 Å². The van der Waals surface area contributed by atoms with Crippen LogP contribution >= 0.6 is 0 Å². The fourth-order valence-electron chi connectivity index (χ4n) is 3.97. The van der Waals surface area contributed by atoms with Gasteiger partial charge >= 0.3 is 0 Å². The van der Waals surface area contributed by atoms with Crippen LogP contribution in [0, 0.1) is 18.3 Å². The molecular weight excluding hydrogens is 394 g/mol. The van der Waals surface area contributed by atoms with Crippen molar-refractivity contribution in [3.05, 3.63) is 46.9 Å². The molecule has 10 heteroatoms. The zero-order valence-electron chi connectivity index (χ0n) is 17.4. The summed E-state index contributed by atoms with van der Waals surface area (Å²) < 4.78 is 7.74. The Morgan fingerprint density at radius 2 is 2.16 bits per heavy atom. The number of hydrazine groups is 1. The fourth-order valence-corrected chi connectivity index (χ4v) is 3.97. The highest BCUT2D eigenvalue weighted by atomic mass is 16.5. The van der Waals surface area contributed by atoms with Crippen molar-refractivity contribution in [1.82, 2.24) is 24.8 Å². The molecule has 5 rings (SSSR count). The minimum atomic E-state index is -0.359. The number of hydrogen-bond donors (Lipinski definition) is 1. The molecule has 1 aromatic carbocycles. The Kier molecular flexibility index (Phi) is 4.34. The van der Waals surface area contributed by atoms with E-state index in [0.717, 1.165) is 16.8 Å². The molecule has 2 bridgehead atoms. The van der Waals surface area contributed by atoms with Gasteiger partial charge in [0, 0.05) is 18.8 Å². The van der Waals surface area contributed by atoms with E-state index in [1.54, 1.807) is 17.9 Å². The van der Waals surface area contributed by atoms with Gasteiger partial charge in [-0.3, -0.25) is 4.68 Å². The molecule has 0 amide bonds. The Labute approximate surface area is 179 Å². The Morgan fingerprint density at radius 1 is 1.32 bits per heavy atom. The summed E-state index contributed by atoms with van der Waals surface area (Å²) >= 11 is 0. The molecule has 0 aliphatic carbocycles. The average Bonchev–Trinajstić information content (AvgIpc) is 3.32. The number of nitrogens with zero attached hydrogens (tertiary/aromatic N) is 8. The number of nitrogens with two attached hydrogens (primary N) is 1. The lowest BCUT2D eigenvalue weighted by Crippen LogP contribution is -2.36. The van der Waals surface area contributed by atoms with Crippen molar-refractivity contribution in [2.45, 2.75) is 26.5 Å². The van der Waals surface area contributed by atoms with Gasteiger partial charge in [-0.1, -0.05) is 17.7 Å². The normalized spacial score (nSPS) is 17.6. The lowest BCUT2D eigenvalue weighted by molar-refractivity contribution is 0.216. The summed E-state index contributed by atoms with van der Waals surface area (Å²) in [6, 6.07) is 8.37. The minimum absolute atomic E-state index is 0.187. The van der Waals surface area contributed by atoms with E-state index in [2.05, 4.69) is 37.3 Å². The van der Waals surface area contributed by atoms with Gasteiger partial charge in [-0.2, -0.15) is 25.6 Å².